The Morgan fingerprint density at radius 2 is 1.71 bits per heavy atom. The first-order valence-corrected chi connectivity index (χ1v) is 16.4. The van der Waals surface area contributed by atoms with Crippen LogP contribution < -0.4 is 10.1 Å². The van der Waals surface area contributed by atoms with Crippen LogP contribution in [0.1, 0.15) is 102 Å². The van der Waals surface area contributed by atoms with Gasteiger partial charge in [0, 0.05) is 36.0 Å². The quantitative estimate of drug-likeness (QED) is 0.184. The number of hydrogen-bond acceptors (Lipinski definition) is 12. The molecule has 2 aromatic rings. The number of amides is 1. The number of nitrogens with one attached hydrogen (secondary N) is 1. The second-order valence-electron chi connectivity index (χ2n) is 12.9. The summed E-state index contributed by atoms with van der Waals surface area (Å²) in [7, 11) is 1.34. The summed E-state index contributed by atoms with van der Waals surface area (Å²) in [5.74, 6) is -3.60. The number of nitrogens with zero attached hydrogens (tertiary/aromatic N) is 1. The highest BCUT2D eigenvalue weighted by Crippen LogP contribution is 2.52. The Hall–Kier alpha value is -3.59. The third kappa shape index (κ3) is 7.05. The van der Waals surface area contributed by atoms with Gasteiger partial charge in [-0.3, -0.25) is 24.1 Å². The summed E-state index contributed by atoms with van der Waals surface area (Å²) >= 11 is 0. The zero-order valence-corrected chi connectivity index (χ0v) is 29.1. The van der Waals surface area contributed by atoms with Crippen LogP contribution in [0.15, 0.2) is 18.2 Å². The zero-order chi connectivity index (χ0) is 35.1. The number of halogens is 1. The third-order valence-electron chi connectivity index (χ3n) is 9.55. The molecule has 1 saturated heterocycles. The van der Waals surface area contributed by atoms with Gasteiger partial charge < -0.3 is 40.0 Å². The number of methoxy groups -OCH3 is 1. The van der Waals surface area contributed by atoms with Gasteiger partial charge in [-0.1, -0.05) is 26.0 Å². The van der Waals surface area contributed by atoms with E-state index < -0.39 is 82.6 Å². The normalized spacial score (nSPS) is 25.9. The van der Waals surface area contributed by atoms with Crippen molar-refractivity contribution in [3.05, 3.63) is 51.6 Å². The molecule has 1 fully saturated rings. The lowest BCUT2D eigenvalue weighted by Gasteiger charge is -2.43. The molecule has 5 rings (SSSR count). The molecule has 0 aromatic heterocycles. The Labute approximate surface area is 290 Å². The molecule has 14 heteroatoms. The summed E-state index contributed by atoms with van der Waals surface area (Å²) in [4.78, 5) is 55.3. The maximum atomic E-state index is 13.9. The maximum absolute atomic E-state index is 13.9. The Bertz CT molecular complexity index is 1630. The highest BCUT2D eigenvalue weighted by Gasteiger charge is 2.49. The SMILES string of the molecule is CCCN(CCC)CC(=O)N[C@H]1C[C@H](O[C@H]2C[C@](O)(C(C)=O)Cc3c(O)c4c(c(O)c32)C(=O)c2c(OC)cccc2C4=O)O[C@@H](C)[C@H]1O.Cl. The topological polar surface area (TPSA) is 192 Å². The lowest BCUT2D eigenvalue weighted by Crippen LogP contribution is -2.57. The maximum Gasteiger partial charge on any atom is 0.234 e. The number of carbonyl (C=O) groups is 4. The average molecular weight is 705 g/mol. The lowest BCUT2D eigenvalue weighted by molar-refractivity contribution is -0.249. The van der Waals surface area contributed by atoms with Crippen LogP contribution in [-0.4, -0.2) is 105 Å². The van der Waals surface area contributed by atoms with Crippen molar-refractivity contribution in [1.29, 1.82) is 0 Å². The molecule has 1 aliphatic heterocycles. The number of phenols is 2. The molecule has 2 aliphatic carbocycles. The van der Waals surface area contributed by atoms with Crippen molar-refractivity contribution in [3.8, 4) is 17.2 Å². The Morgan fingerprint density at radius 1 is 1.06 bits per heavy atom. The molecule has 0 radical (unpaired) electrons. The number of fused-ring (bicyclic) bond motifs is 3. The lowest BCUT2D eigenvalue weighted by atomic mass is 9.72. The van der Waals surface area contributed by atoms with Crippen molar-refractivity contribution in [2.24, 2.45) is 0 Å². The minimum absolute atomic E-state index is 0. The number of carbonyl (C=O) groups excluding carboxylic acids is 4. The van der Waals surface area contributed by atoms with E-state index in [1.165, 1.54) is 32.2 Å². The second-order valence-corrected chi connectivity index (χ2v) is 12.9. The van der Waals surface area contributed by atoms with E-state index in [2.05, 4.69) is 5.32 Å². The number of hydrogen-bond donors (Lipinski definition) is 5. The van der Waals surface area contributed by atoms with Gasteiger partial charge in [-0.25, -0.2) is 0 Å². The monoisotopic (exact) mass is 704 g/mol. The van der Waals surface area contributed by atoms with Crippen LogP contribution >= 0.6 is 12.4 Å². The average Bonchev–Trinajstić information content (AvgIpc) is 3.03. The number of Topliss-reactive ketones (excluding diaryl/α,β-unsaturated/α-hetero) is 1. The Balaban J connectivity index is 0.00000541. The van der Waals surface area contributed by atoms with Crippen molar-refractivity contribution in [3.63, 3.8) is 0 Å². The summed E-state index contributed by atoms with van der Waals surface area (Å²) < 4.78 is 17.6. The van der Waals surface area contributed by atoms with Gasteiger partial charge >= 0.3 is 0 Å². The fourth-order valence-electron chi connectivity index (χ4n) is 7.13. The first-order chi connectivity index (χ1) is 22.8. The van der Waals surface area contributed by atoms with E-state index in [9.17, 15) is 39.6 Å². The standard InChI is InChI=1S/C35H44N2O11.ClH/c1-6-11-37(12-7-2)16-24(39)36-21-13-25(47-17(3)30(21)40)48-23-15-35(45,18(4)38)14-20-27(23)34(44)29-28(32(20)42)31(41)19-9-8-10-22(46-5)26(19)33(29)43;/h8-10,17,21,23,25,30,40,42,44-45H,6-7,11-16H2,1-5H3,(H,36,39);1H/t17-,21-,23-,25-,30+,35-;/m0./s1. The number of phenolic OH excluding ortho intramolecular Hbond substituents is 2. The van der Waals surface area contributed by atoms with E-state index in [4.69, 9.17) is 14.2 Å². The summed E-state index contributed by atoms with van der Waals surface area (Å²) in [6, 6.07) is 3.65. The van der Waals surface area contributed by atoms with Gasteiger partial charge in [0.15, 0.2) is 17.9 Å². The van der Waals surface area contributed by atoms with Crippen molar-refractivity contribution in [1.82, 2.24) is 10.2 Å². The molecule has 5 N–H and O–H groups in total. The highest BCUT2D eigenvalue weighted by molar-refractivity contribution is 6.31. The van der Waals surface area contributed by atoms with Crippen molar-refractivity contribution in [2.75, 3.05) is 26.7 Å². The molecule has 13 nitrogen and oxygen atoms in total. The summed E-state index contributed by atoms with van der Waals surface area (Å²) in [5, 5.41) is 48.5. The fraction of sp³-hybridized carbons (Fsp3) is 0.543. The van der Waals surface area contributed by atoms with Crippen LogP contribution in [-0.2, 0) is 25.5 Å². The molecule has 0 bridgehead atoms. The Kier molecular flexibility index (Phi) is 11.8. The van der Waals surface area contributed by atoms with Gasteiger partial charge in [-0.05, 0) is 45.8 Å². The van der Waals surface area contributed by atoms with Gasteiger partial charge in [0.25, 0.3) is 0 Å². The minimum Gasteiger partial charge on any atom is -0.507 e. The largest absolute Gasteiger partial charge is 0.507 e. The van der Waals surface area contributed by atoms with Gasteiger partial charge in [-0.2, -0.15) is 0 Å². The zero-order valence-electron chi connectivity index (χ0n) is 28.3. The highest BCUT2D eigenvalue weighted by atomic mass is 35.5. The molecule has 1 amide bonds. The molecule has 49 heavy (non-hydrogen) atoms. The summed E-state index contributed by atoms with van der Waals surface area (Å²) in [6.07, 6.45) is -3.41. The molecule has 268 valence electrons. The fourth-order valence-corrected chi connectivity index (χ4v) is 7.13. The van der Waals surface area contributed by atoms with Crippen LogP contribution in [0.4, 0.5) is 0 Å². The number of benzene rings is 2. The van der Waals surface area contributed by atoms with Crippen LogP contribution in [0, 0.1) is 0 Å². The molecule has 3 aliphatic rings. The van der Waals surface area contributed by atoms with E-state index in [-0.39, 0.29) is 65.7 Å². The van der Waals surface area contributed by atoms with Gasteiger partial charge in [-0.15, -0.1) is 12.4 Å². The Morgan fingerprint density at radius 3 is 2.33 bits per heavy atom. The molecule has 0 spiro atoms. The van der Waals surface area contributed by atoms with Crippen LogP contribution in [0.2, 0.25) is 0 Å². The van der Waals surface area contributed by atoms with Gasteiger partial charge in [0.05, 0.1) is 48.6 Å². The number of ketones is 3. The van der Waals surface area contributed by atoms with Crippen molar-refractivity contribution in [2.45, 2.75) is 96.0 Å². The molecular weight excluding hydrogens is 660 g/mol. The number of aliphatic hydroxyl groups is 2. The van der Waals surface area contributed by atoms with Crippen molar-refractivity contribution >= 4 is 35.7 Å². The third-order valence-corrected chi connectivity index (χ3v) is 9.55. The minimum atomic E-state index is -2.06. The molecular formula is C35H45ClN2O11. The molecule has 0 unspecified atom stereocenters. The van der Waals surface area contributed by atoms with E-state index in [1.54, 1.807) is 6.92 Å². The second kappa shape index (κ2) is 15.1. The van der Waals surface area contributed by atoms with Gasteiger partial charge in [0.1, 0.15) is 29.0 Å². The number of aromatic hydroxyl groups is 2. The number of rotatable bonds is 11. The van der Waals surface area contributed by atoms with Crippen LogP contribution in [0.3, 0.4) is 0 Å². The molecule has 0 saturated carbocycles. The first-order valence-electron chi connectivity index (χ1n) is 16.4. The van der Waals surface area contributed by atoms with E-state index in [1.807, 2.05) is 18.7 Å². The van der Waals surface area contributed by atoms with E-state index >= 15 is 0 Å². The van der Waals surface area contributed by atoms with Crippen LogP contribution in [0.25, 0.3) is 0 Å². The van der Waals surface area contributed by atoms with Gasteiger partial charge in [0.2, 0.25) is 11.7 Å². The first kappa shape index (κ1) is 38.2. The van der Waals surface area contributed by atoms with E-state index in [0.717, 1.165) is 25.9 Å². The predicted octanol–water partition coefficient (Wildman–Crippen LogP) is 2.73. The van der Waals surface area contributed by atoms with E-state index in [0.29, 0.717) is 0 Å². The molecule has 6 atom stereocenters. The summed E-state index contributed by atoms with van der Waals surface area (Å²) in [6.45, 7) is 8.47. The predicted molar refractivity (Wildman–Crippen MR) is 179 cm³/mol. The molecule has 1 heterocycles. The number of aliphatic hydroxyl groups excluding tert-OH is 1. The number of ether oxygens (including phenoxy) is 3. The molecule has 2 aromatic carbocycles. The summed E-state index contributed by atoms with van der Waals surface area (Å²) in [5.41, 5.74) is -3.25. The smallest absolute Gasteiger partial charge is 0.234 e. The van der Waals surface area contributed by atoms with Crippen LogP contribution in [0.5, 0.6) is 17.2 Å². The van der Waals surface area contributed by atoms with Crippen molar-refractivity contribution < 1.29 is 53.8 Å².